The van der Waals surface area contributed by atoms with Crippen LogP contribution in [0.25, 0.3) is 0 Å². The van der Waals surface area contributed by atoms with E-state index in [0.717, 1.165) is 45.0 Å². The Morgan fingerprint density at radius 2 is 1.50 bits per heavy atom. The number of carbonyl (C=O) groups is 1. The molecule has 2 aliphatic rings. The van der Waals surface area contributed by atoms with Gasteiger partial charge in [0.15, 0.2) is 0 Å². The highest BCUT2D eigenvalue weighted by Crippen LogP contribution is 2.23. The Bertz CT molecular complexity index is 836. The van der Waals surface area contributed by atoms with Gasteiger partial charge in [-0.05, 0) is 69.0 Å². The SMILES string of the molecule is Cc1ccccc1N1CCN([C@H](C)C(=O)Nc2ccc(N3CCCCC3)cc2)CC1. The van der Waals surface area contributed by atoms with E-state index in [-0.39, 0.29) is 11.9 Å². The van der Waals surface area contributed by atoms with Crippen LogP contribution in [0.2, 0.25) is 0 Å². The lowest BCUT2D eigenvalue weighted by Gasteiger charge is -2.39. The minimum Gasteiger partial charge on any atom is -0.372 e. The number of piperidine rings is 1. The Morgan fingerprint density at radius 1 is 0.833 bits per heavy atom. The fraction of sp³-hybridized carbons (Fsp3) is 0.480. The summed E-state index contributed by atoms with van der Waals surface area (Å²) in [5, 5.41) is 3.11. The molecule has 2 aliphatic heterocycles. The summed E-state index contributed by atoms with van der Waals surface area (Å²) < 4.78 is 0. The van der Waals surface area contributed by atoms with Gasteiger partial charge in [0, 0.05) is 56.3 Å². The highest BCUT2D eigenvalue weighted by Gasteiger charge is 2.26. The fourth-order valence-electron chi connectivity index (χ4n) is 4.59. The molecule has 1 atom stereocenters. The van der Waals surface area contributed by atoms with Crippen molar-refractivity contribution in [3.8, 4) is 0 Å². The molecule has 2 fully saturated rings. The van der Waals surface area contributed by atoms with Crippen molar-refractivity contribution >= 4 is 23.0 Å². The Balaban J connectivity index is 1.29. The number of amides is 1. The van der Waals surface area contributed by atoms with E-state index in [9.17, 15) is 4.79 Å². The molecule has 30 heavy (non-hydrogen) atoms. The number of benzene rings is 2. The van der Waals surface area contributed by atoms with Gasteiger partial charge in [-0.2, -0.15) is 0 Å². The molecule has 0 radical (unpaired) electrons. The molecule has 160 valence electrons. The first-order valence-corrected chi connectivity index (χ1v) is 11.3. The molecule has 5 nitrogen and oxygen atoms in total. The van der Waals surface area contributed by atoms with Crippen LogP contribution in [-0.4, -0.2) is 56.1 Å². The predicted octanol–water partition coefficient (Wildman–Crippen LogP) is 4.13. The maximum Gasteiger partial charge on any atom is 0.241 e. The van der Waals surface area contributed by atoms with Crippen LogP contribution in [0.15, 0.2) is 48.5 Å². The molecule has 2 aromatic rings. The molecule has 4 rings (SSSR count). The van der Waals surface area contributed by atoms with Crippen LogP contribution in [0.4, 0.5) is 17.1 Å². The van der Waals surface area contributed by atoms with E-state index in [1.165, 1.54) is 36.2 Å². The quantitative estimate of drug-likeness (QED) is 0.810. The molecule has 0 aromatic heterocycles. The van der Waals surface area contributed by atoms with Crippen molar-refractivity contribution in [1.29, 1.82) is 0 Å². The first kappa shape index (κ1) is 20.7. The van der Waals surface area contributed by atoms with Crippen molar-refractivity contribution in [2.24, 2.45) is 0 Å². The lowest BCUT2D eigenvalue weighted by molar-refractivity contribution is -0.120. The Hall–Kier alpha value is -2.53. The van der Waals surface area contributed by atoms with E-state index in [1.807, 2.05) is 19.1 Å². The van der Waals surface area contributed by atoms with Gasteiger partial charge in [0.05, 0.1) is 6.04 Å². The van der Waals surface area contributed by atoms with E-state index >= 15 is 0 Å². The van der Waals surface area contributed by atoms with Gasteiger partial charge in [-0.3, -0.25) is 9.69 Å². The maximum absolute atomic E-state index is 12.8. The minimum atomic E-state index is -0.134. The summed E-state index contributed by atoms with van der Waals surface area (Å²) in [6.45, 7) is 10.2. The summed E-state index contributed by atoms with van der Waals surface area (Å²) in [7, 11) is 0. The Morgan fingerprint density at radius 3 is 2.17 bits per heavy atom. The summed E-state index contributed by atoms with van der Waals surface area (Å²) in [5.74, 6) is 0.0741. The molecule has 2 aromatic carbocycles. The van der Waals surface area contributed by atoms with Crippen LogP contribution in [-0.2, 0) is 4.79 Å². The normalized spacial score (nSPS) is 18.9. The average molecular weight is 407 g/mol. The molecule has 0 saturated carbocycles. The van der Waals surface area contributed by atoms with Gasteiger partial charge in [-0.25, -0.2) is 0 Å². The molecule has 5 heteroatoms. The maximum atomic E-state index is 12.8. The third-order valence-corrected chi connectivity index (χ3v) is 6.55. The first-order chi connectivity index (χ1) is 14.6. The van der Waals surface area contributed by atoms with Crippen molar-refractivity contribution in [3.63, 3.8) is 0 Å². The van der Waals surface area contributed by atoms with Gasteiger partial charge < -0.3 is 15.1 Å². The van der Waals surface area contributed by atoms with Crippen molar-refractivity contribution in [2.45, 2.75) is 39.2 Å². The number of carbonyl (C=O) groups excluding carboxylic acids is 1. The fourth-order valence-corrected chi connectivity index (χ4v) is 4.59. The number of hydrogen-bond acceptors (Lipinski definition) is 4. The number of hydrogen-bond donors (Lipinski definition) is 1. The summed E-state index contributed by atoms with van der Waals surface area (Å²) in [6, 6.07) is 16.7. The van der Waals surface area contributed by atoms with Gasteiger partial charge in [0.25, 0.3) is 0 Å². The monoisotopic (exact) mass is 406 g/mol. The second kappa shape index (κ2) is 9.52. The summed E-state index contributed by atoms with van der Waals surface area (Å²) in [5.41, 5.74) is 4.76. The van der Waals surface area contributed by atoms with Crippen LogP contribution in [0.3, 0.4) is 0 Å². The van der Waals surface area contributed by atoms with Crippen LogP contribution < -0.4 is 15.1 Å². The number of aryl methyl sites for hydroxylation is 1. The number of anilines is 3. The van der Waals surface area contributed by atoms with Crippen LogP contribution in [0, 0.1) is 6.92 Å². The second-order valence-corrected chi connectivity index (χ2v) is 8.57. The lowest BCUT2D eigenvalue weighted by atomic mass is 10.1. The van der Waals surface area contributed by atoms with Crippen LogP contribution in [0.5, 0.6) is 0 Å². The zero-order valence-electron chi connectivity index (χ0n) is 18.3. The lowest BCUT2D eigenvalue weighted by Crippen LogP contribution is -2.53. The second-order valence-electron chi connectivity index (χ2n) is 8.57. The van der Waals surface area contributed by atoms with E-state index < -0.39 is 0 Å². The van der Waals surface area contributed by atoms with Gasteiger partial charge in [0.2, 0.25) is 5.91 Å². The molecular formula is C25H34N4O. The number of piperazine rings is 1. The third kappa shape index (κ3) is 4.78. The largest absolute Gasteiger partial charge is 0.372 e. The Kier molecular flexibility index (Phi) is 6.58. The van der Waals surface area contributed by atoms with Gasteiger partial charge in [0.1, 0.15) is 0 Å². The number of nitrogens with zero attached hydrogens (tertiary/aromatic N) is 3. The van der Waals surface area contributed by atoms with Crippen LogP contribution >= 0.6 is 0 Å². The molecule has 0 aliphatic carbocycles. The highest BCUT2D eigenvalue weighted by atomic mass is 16.2. The summed E-state index contributed by atoms with van der Waals surface area (Å²) in [4.78, 5) is 20.0. The average Bonchev–Trinajstić information content (AvgIpc) is 2.80. The zero-order chi connectivity index (χ0) is 20.9. The third-order valence-electron chi connectivity index (χ3n) is 6.55. The minimum absolute atomic E-state index is 0.0741. The van der Waals surface area contributed by atoms with E-state index in [1.54, 1.807) is 0 Å². The van der Waals surface area contributed by atoms with E-state index in [2.05, 4.69) is 63.3 Å². The zero-order valence-corrected chi connectivity index (χ0v) is 18.3. The topological polar surface area (TPSA) is 38.8 Å². The van der Waals surface area contributed by atoms with Crippen molar-refractivity contribution in [3.05, 3.63) is 54.1 Å². The van der Waals surface area contributed by atoms with Gasteiger partial charge >= 0.3 is 0 Å². The molecule has 1 amide bonds. The molecular weight excluding hydrogens is 372 g/mol. The van der Waals surface area contributed by atoms with E-state index in [0.29, 0.717) is 0 Å². The molecule has 1 N–H and O–H groups in total. The van der Waals surface area contributed by atoms with Crippen molar-refractivity contribution < 1.29 is 4.79 Å². The van der Waals surface area contributed by atoms with Gasteiger partial charge in [-0.15, -0.1) is 0 Å². The molecule has 0 unspecified atom stereocenters. The molecule has 2 heterocycles. The number of para-hydroxylation sites is 1. The summed E-state index contributed by atoms with van der Waals surface area (Å²) in [6.07, 6.45) is 3.88. The Labute approximate surface area is 180 Å². The summed E-state index contributed by atoms with van der Waals surface area (Å²) >= 11 is 0. The molecule has 2 saturated heterocycles. The standard InChI is InChI=1S/C25H34N4O/c1-20-8-4-5-9-24(20)29-18-16-27(17-19-29)21(2)25(30)26-22-10-12-23(13-11-22)28-14-6-3-7-15-28/h4-5,8-13,21H,3,6-7,14-19H2,1-2H3,(H,26,30)/t21-/m1/s1. The molecule has 0 spiro atoms. The first-order valence-electron chi connectivity index (χ1n) is 11.3. The van der Waals surface area contributed by atoms with E-state index in [4.69, 9.17) is 0 Å². The smallest absolute Gasteiger partial charge is 0.241 e. The van der Waals surface area contributed by atoms with Crippen molar-refractivity contribution in [2.75, 3.05) is 54.4 Å². The van der Waals surface area contributed by atoms with Gasteiger partial charge in [-0.1, -0.05) is 18.2 Å². The number of nitrogens with one attached hydrogen (secondary N) is 1. The highest BCUT2D eigenvalue weighted by molar-refractivity contribution is 5.94. The molecule has 0 bridgehead atoms. The van der Waals surface area contributed by atoms with Crippen molar-refractivity contribution in [1.82, 2.24) is 4.90 Å². The predicted molar refractivity (Wildman–Crippen MR) is 126 cm³/mol. The number of rotatable bonds is 5. The van der Waals surface area contributed by atoms with Crippen LogP contribution in [0.1, 0.15) is 31.7 Å².